The zero-order valence-electron chi connectivity index (χ0n) is 14.1. The Morgan fingerprint density at radius 3 is 2.26 bits per heavy atom. The molecular weight excluding hydrogens is 352 g/mol. The van der Waals surface area contributed by atoms with Gasteiger partial charge in [-0.25, -0.2) is 0 Å². The van der Waals surface area contributed by atoms with Crippen LogP contribution in [0.4, 0.5) is 0 Å². The lowest BCUT2D eigenvalue weighted by Gasteiger charge is -2.46. The SMILES string of the molecule is O=C1C(O)=CC2(Oc3cccc4cccc(c34)O2)[C@@]23O[C@@]12[C@@H](O)CC[C@H]3O. The minimum Gasteiger partial charge on any atom is -0.504 e. The van der Waals surface area contributed by atoms with Crippen LogP contribution in [0.25, 0.3) is 10.8 Å². The number of aliphatic hydroxyl groups is 3. The molecule has 1 saturated carbocycles. The summed E-state index contributed by atoms with van der Waals surface area (Å²) in [4.78, 5) is 12.7. The Morgan fingerprint density at radius 2 is 1.59 bits per heavy atom. The van der Waals surface area contributed by atoms with Crippen molar-refractivity contribution in [1.29, 1.82) is 0 Å². The number of aliphatic hydroxyl groups excluding tert-OH is 3. The number of benzene rings is 2. The molecule has 0 radical (unpaired) electrons. The summed E-state index contributed by atoms with van der Waals surface area (Å²) in [6, 6.07) is 11.0. The van der Waals surface area contributed by atoms with Gasteiger partial charge in [0.2, 0.25) is 17.0 Å². The van der Waals surface area contributed by atoms with Crippen molar-refractivity contribution in [2.24, 2.45) is 0 Å². The van der Waals surface area contributed by atoms with Crippen LogP contribution in [-0.2, 0) is 9.53 Å². The van der Waals surface area contributed by atoms with E-state index in [4.69, 9.17) is 14.2 Å². The predicted octanol–water partition coefficient (Wildman–Crippen LogP) is 1.36. The van der Waals surface area contributed by atoms with E-state index in [1.54, 1.807) is 12.1 Å². The molecule has 27 heavy (non-hydrogen) atoms. The molecule has 0 amide bonds. The van der Waals surface area contributed by atoms with Crippen LogP contribution < -0.4 is 9.47 Å². The van der Waals surface area contributed by atoms with Gasteiger partial charge >= 0.3 is 5.79 Å². The number of carbonyl (C=O) groups excluding carboxylic acids is 1. The van der Waals surface area contributed by atoms with Gasteiger partial charge in [-0.2, -0.15) is 0 Å². The molecule has 1 spiro atoms. The van der Waals surface area contributed by atoms with Gasteiger partial charge in [0.1, 0.15) is 11.5 Å². The quantitative estimate of drug-likeness (QED) is 0.603. The summed E-state index contributed by atoms with van der Waals surface area (Å²) in [7, 11) is 0. The molecule has 7 heteroatoms. The number of hydrogen-bond donors (Lipinski definition) is 3. The van der Waals surface area contributed by atoms with Crippen LogP contribution in [0.1, 0.15) is 12.8 Å². The smallest absolute Gasteiger partial charge is 0.310 e. The molecule has 0 bridgehead atoms. The molecule has 3 N–H and O–H groups in total. The second-order valence-corrected chi connectivity index (χ2v) is 7.52. The maximum Gasteiger partial charge on any atom is 0.310 e. The number of rotatable bonds is 0. The van der Waals surface area contributed by atoms with E-state index in [9.17, 15) is 20.1 Å². The average Bonchev–Trinajstić information content (AvgIpc) is 3.39. The largest absolute Gasteiger partial charge is 0.504 e. The molecule has 138 valence electrons. The summed E-state index contributed by atoms with van der Waals surface area (Å²) in [6.07, 6.45) is -0.758. The first-order valence-electron chi connectivity index (χ1n) is 8.88. The molecule has 2 aliphatic carbocycles. The fourth-order valence-electron chi connectivity index (χ4n) is 5.05. The van der Waals surface area contributed by atoms with E-state index in [1.807, 2.05) is 24.3 Å². The van der Waals surface area contributed by atoms with Gasteiger partial charge in [-0.05, 0) is 30.4 Å². The van der Waals surface area contributed by atoms with Gasteiger partial charge in [-0.3, -0.25) is 4.79 Å². The summed E-state index contributed by atoms with van der Waals surface area (Å²) in [5.41, 5.74) is -3.40. The van der Waals surface area contributed by atoms with Crippen LogP contribution in [0.3, 0.4) is 0 Å². The molecular formula is C20H16O7. The number of hydrogen-bond acceptors (Lipinski definition) is 7. The number of ketones is 1. The first-order chi connectivity index (χ1) is 13.0. The maximum atomic E-state index is 12.7. The third kappa shape index (κ3) is 1.47. The molecule has 2 fully saturated rings. The molecule has 4 aliphatic rings. The van der Waals surface area contributed by atoms with Gasteiger partial charge in [-0.1, -0.05) is 24.3 Å². The summed E-state index contributed by atoms with van der Waals surface area (Å²) in [5, 5.41) is 33.4. The molecule has 2 aromatic rings. The summed E-state index contributed by atoms with van der Waals surface area (Å²) >= 11 is 0. The van der Waals surface area contributed by atoms with Gasteiger partial charge in [0, 0.05) is 6.08 Å². The number of ether oxygens (including phenoxy) is 3. The van der Waals surface area contributed by atoms with E-state index in [2.05, 4.69) is 0 Å². The van der Waals surface area contributed by atoms with E-state index in [0.717, 1.165) is 16.8 Å². The van der Waals surface area contributed by atoms with Crippen LogP contribution in [-0.4, -0.2) is 50.3 Å². The molecule has 1 saturated heterocycles. The lowest BCUT2D eigenvalue weighted by Crippen LogP contribution is -2.70. The molecule has 2 aliphatic heterocycles. The molecule has 7 nitrogen and oxygen atoms in total. The Bertz CT molecular complexity index is 1020. The van der Waals surface area contributed by atoms with Crippen LogP contribution in [0.15, 0.2) is 48.2 Å². The Hall–Kier alpha value is -2.61. The highest BCUT2D eigenvalue weighted by Crippen LogP contribution is 2.68. The van der Waals surface area contributed by atoms with Gasteiger partial charge in [0.05, 0.1) is 17.6 Å². The molecule has 6 rings (SSSR count). The Kier molecular flexibility index (Phi) is 2.54. The zero-order valence-corrected chi connectivity index (χ0v) is 14.1. The third-order valence-corrected chi connectivity index (χ3v) is 6.25. The lowest BCUT2D eigenvalue weighted by molar-refractivity contribution is -0.177. The normalized spacial score (nSPS) is 37.7. The van der Waals surface area contributed by atoms with Crippen molar-refractivity contribution in [3.05, 3.63) is 48.2 Å². The Balaban J connectivity index is 1.62. The van der Waals surface area contributed by atoms with Gasteiger partial charge in [0.25, 0.3) is 0 Å². The maximum absolute atomic E-state index is 12.7. The fraction of sp³-hybridized carbons (Fsp3) is 0.350. The molecule has 0 aromatic heterocycles. The first-order valence-corrected chi connectivity index (χ1v) is 8.88. The Labute approximate surface area is 153 Å². The Morgan fingerprint density at radius 1 is 0.963 bits per heavy atom. The van der Waals surface area contributed by atoms with Crippen molar-refractivity contribution in [1.82, 2.24) is 0 Å². The fourth-order valence-corrected chi connectivity index (χ4v) is 5.05. The molecule has 2 heterocycles. The second-order valence-electron chi connectivity index (χ2n) is 7.52. The molecule has 0 unspecified atom stereocenters. The second kappa shape index (κ2) is 4.44. The van der Waals surface area contributed by atoms with E-state index < -0.39 is 40.7 Å². The van der Waals surface area contributed by atoms with Crippen molar-refractivity contribution < 1.29 is 34.3 Å². The first kappa shape index (κ1) is 15.4. The number of epoxide rings is 1. The van der Waals surface area contributed by atoms with Crippen molar-refractivity contribution in [2.45, 2.75) is 42.0 Å². The van der Waals surface area contributed by atoms with Crippen molar-refractivity contribution in [3.63, 3.8) is 0 Å². The highest BCUT2D eigenvalue weighted by Gasteiger charge is 2.93. The minimum atomic E-state index is -1.77. The lowest BCUT2D eigenvalue weighted by atomic mass is 9.66. The van der Waals surface area contributed by atoms with E-state index in [0.29, 0.717) is 11.5 Å². The van der Waals surface area contributed by atoms with E-state index in [1.165, 1.54) is 0 Å². The predicted molar refractivity (Wildman–Crippen MR) is 91.4 cm³/mol. The monoisotopic (exact) mass is 368 g/mol. The molecule has 4 atom stereocenters. The van der Waals surface area contributed by atoms with Crippen LogP contribution in [0, 0.1) is 0 Å². The van der Waals surface area contributed by atoms with Crippen LogP contribution >= 0.6 is 0 Å². The number of carbonyl (C=O) groups is 1. The highest BCUT2D eigenvalue weighted by atomic mass is 16.8. The minimum absolute atomic E-state index is 0.171. The number of Topliss-reactive ketones (excluding diaryl/α,β-unsaturated/α-hetero) is 1. The summed E-state index contributed by atoms with van der Waals surface area (Å²) in [5.74, 6) is -2.17. The highest BCUT2D eigenvalue weighted by molar-refractivity contribution is 6.06. The van der Waals surface area contributed by atoms with Crippen molar-refractivity contribution in [3.8, 4) is 11.5 Å². The van der Waals surface area contributed by atoms with E-state index in [-0.39, 0.29) is 12.8 Å². The van der Waals surface area contributed by atoms with Gasteiger partial charge in [-0.15, -0.1) is 0 Å². The summed E-state index contributed by atoms with van der Waals surface area (Å²) in [6.45, 7) is 0. The molecule has 2 aromatic carbocycles. The van der Waals surface area contributed by atoms with Gasteiger partial charge < -0.3 is 29.5 Å². The average molecular weight is 368 g/mol. The summed E-state index contributed by atoms with van der Waals surface area (Å²) < 4.78 is 18.2. The van der Waals surface area contributed by atoms with Crippen molar-refractivity contribution >= 4 is 16.6 Å². The van der Waals surface area contributed by atoms with Crippen molar-refractivity contribution in [2.75, 3.05) is 0 Å². The van der Waals surface area contributed by atoms with E-state index >= 15 is 0 Å². The standard InChI is InChI=1S/C20H16O7/c21-11-9-18(20-15(23)8-7-14(22)19(20,27-20)17(11)24)25-12-5-1-3-10-4-2-6-13(26-18)16(10)12/h1-6,9,14-15,21-23H,7-8H2/t14-,15+,19-,20+/m0/s1. The third-order valence-electron chi connectivity index (χ3n) is 6.25. The topological polar surface area (TPSA) is 109 Å². The van der Waals surface area contributed by atoms with Crippen LogP contribution in [0.5, 0.6) is 11.5 Å². The van der Waals surface area contributed by atoms with Gasteiger partial charge in [0.15, 0.2) is 5.76 Å². The van der Waals surface area contributed by atoms with Crippen LogP contribution in [0.2, 0.25) is 0 Å². The zero-order chi connectivity index (χ0) is 18.6.